The van der Waals surface area contributed by atoms with Crippen LogP contribution in [0.1, 0.15) is 19.3 Å². The molecule has 62 valence electrons. The number of rotatable bonds is 1. The van der Waals surface area contributed by atoms with Crippen molar-refractivity contribution in [2.75, 3.05) is 26.2 Å². The molecule has 0 aromatic heterocycles. The zero-order valence-electron chi connectivity index (χ0n) is 6.97. The van der Waals surface area contributed by atoms with Gasteiger partial charge in [0, 0.05) is 25.7 Å². The average Bonchev–Trinajstić information content (AvgIpc) is 2.47. The molecule has 1 N–H and O–H groups in total. The molecule has 2 aliphatic heterocycles. The van der Waals surface area contributed by atoms with E-state index >= 15 is 0 Å². The minimum absolute atomic E-state index is 0.829. The maximum Gasteiger partial charge on any atom is 0.0345 e. The van der Waals surface area contributed by atoms with E-state index < -0.39 is 0 Å². The van der Waals surface area contributed by atoms with Crippen LogP contribution in [0.4, 0.5) is 0 Å². The standard InChI is InChI=1S/C9H16N2/c1-2-9(1)3-4-11(7-9)8-5-10-6-8/h8,10H,1-7H2. The van der Waals surface area contributed by atoms with Gasteiger partial charge in [-0.1, -0.05) is 0 Å². The molecule has 3 fully saturated rings. The number of nitrogens with one attached hydrogen (secondary N) is 1. The Labute approximate surface area is 68.0 Å². The lowest BCUT2D eigenvalue weighted by atomic mass is 10.1. The molecule has 11 heavy (non-hydrogen) atoms. The summed E-state index contributed by atoms with van der Waals surface area (Å²) in [5.74, 6) is 0. The van der Waals surface area contributed by atoms with Crippen molar-refractivity contribution in [3.05, 3.63) is 0 Å². The van der Waals surface area contributed by atoms with Gasteiger partial charge in [0.15, 0.2) is 0 Å². The predicted molar refractivity (Wildman–Crippen MR) is 44.5 cm³/mol. The second-order valence-electron chi connectivity index (χ2n) is 4.53. The normalized spacial score (nSPS) is 36.0. The SMILES string of the molecule is C1NCC1N1CCC2(CC2)C1. The van der Waals surface area contributed by atoms with E-state index in [4.69, 9.17) is 0 Å². The van der Waals surface area contributed by atoms with E-state index in [1.54, 1.807) is 0 Å². The molecule has 0 unspecified atom stereocenters. The molecule has 1 spiro atoms. The fraction of sp³-hybridized carbons (Fsp3) is 1.00. The molecule has 2 saturated heterocycles. The molecule has 0 amide bonds. The van der Waals surface area contributed by atoms with E-state index in [0.29, 0.717) is 0 Å². The van der Waals surface area contributed by atoms with E-state index in [0.717, 1.165) is 11.5 Å². The summed E-state index contributed by atoms with van der Waals surface area (Å²) in [4.78, 5) is 2.70. The molecule has 2 nitrogen and oxygen atoms in total. The van der Waals surface area contributed by atoms with Gasteiger partial charge in [-0.3, -0.25) is 4.90 Å². The Hall–Kier alpha value is -0.0800. The third-order valence-electron chi connectivity index (χ3n) is 3.70. The van der Waals surface area contributed by atoms with Crippen LogP contribution in [0, 0.1) is 5.41 Å². The topological polar surface area (TPSA) is 15.3 Å². The molecule has 1 aliphatic carbocycles. The molecule has 0 aromatic rings. The summed E-state index contributed by atoms with van der Waals surface area (Å²) in [6.07, 6.45) is 4.52. The second kappa shape index (κ2) is 1.99. The van der Waals surface area contributed by atoms with Crippen molar-refractivity contribution in [3.8, 4) is 0 Å². The third kappa shape index (κ3) is 0.926. The number of likely N-dealkylation sites (tertiary alicyclic amines) is 1. The van der Waals surface area contributed by atoms with Crippen LogP contribution in [0.3, 0.4) is 0 Å². The average molecular weight is 152 g/mol. The molecule has 0 aromatic carbocycles. The van der Waals surface area contributed by atoms with Crippen molar-refractivity contribution < 1.29 is 0 Å². The molecule has 3 aliphatic rings. The van der Waals surface area contributed by atoms with Crippen LogP contribution in [0.25, 0.3) is 0 Å². The van der Waals surface area contributed by atoms with Crippen LogP contribution in [-0.4, -0.2) is 37.1 Å². The van der Waals surface area contributed by atoms with E-state index in [1.807, 2.05) is 0 Å². The van der Waals surface area contributed by atoms with E-state index in [2.05, 4.69) is 10.2 Å². The molecule has 0 radical (unpaired) electrons. The molecule has 1 saturated carbocycles. The van der Waals surface area contributed by atoms with Crippen LogP contribution in [0.5, 0.6) is 0 Å². The maximum atomic E-state index is 3.34. The minimum Gasteiger partial charge on any atom is -0.314 e. The van der Waals surface area contributed by atoms with Gasteiger partial charge in [-0.2, -0.15) is 0 Å². The Kier molecular flexibility index (Phi) is 1.16. The van der Waals surface area contributed by atoms with Gasteiger partial charge in [-0.15, -0.1) is 0 Å². The first-order valence-corrected chi connectivity index (χ1v) is 4.83. The van der Waals surface area contributed by atoms with Crippen LogP contribution in [0.2, 0.25) is 0 Å². The fourth-order valence-corrected chi connectivity index (χ4v) is 2.40. The lowest BCUT2D eigenvalue weighted by Crippen LogP contribution is -2.56. The van der Waals surface area contributed by atoms with E-state index in [9.17, 15) is 0 Å². The van der Waals surface area contributed by atoms with Gasteiger partial charge in [-0.05, 0) is 31.2 Å². The molecular formula is C9H16N2. The van der Waals surface area contributed by atoms with Gasteiger partial charge in [0.05, 0.1) is 0 Å². The molecule has 2 heteroatoms. The first kappa shape index (κ1) is 6.44. The van der Waals surface area contributed by atoms with Gasteiger partial charge < -0.3 is 5.32 Å². The van der Waals surface area contributed by atoms with Gasteiger partial charge in [0.2, 0.25) is 0 Å². The second-order valence-corrected chi connectivity index (χ2v) is 4.53. The molecule has 2 heterocycles. The highest BCUT2D eigenvalue weighted by atomic mass is 15.3. The first-order chi connectivity index (χ1) is 5.38. The Morgan fingerprint density at radius 3 is 2.45 bits per heavy atom. The summed E-state index contributed by atoms with van der Waals surface area (Å²) >= 11 is 0. The highest BCUT2D eigenvalue weighted by molar-refractivity contribution is 5.03. The summed E-state index contributed by atoms with van der Waals surface area (Å²) in [5, 5.41) is 3.34. The highest BCUT2D eigenvalue weighted by Gasteiger charge is 2.49. The number of nitrogens with zero attached hydrogens (tertiary/aromatic N) is 1. The van der Waals surface area contributed by atoms with E-state index in [-0.39, 0.29) is 0 Å². The highest BCUT2D eigenvalue weighted by Crippen LogP contribution is 2.53. The third-order valence-corrected chi connectivity index (χ3v) is 3.70. The van der Waals surface area contributed by atoms with Crippen LogP contribution in [-0.2, 0) is 0 Å². The number of hydrogen-bond donors (Lipinski definition) is 1. The van der Waals surface area contributed by atoms with E-state index in [1.165, 1.54) is 45.4 Å². The van der Waals surface area contributed by atoms with Crippen molar-refractivity contribution in [1.29, 1.82) is 0 Å². The maximum absolute atomic E-state index is 3.34. The Morgan fingerprint density at radius 1 is 1.18 bits per heavy atom. The Bertz CT molecular complexity index is 170. The zero-order valence-corrected chi connectivity index (χ0v) is 6.97. The van der Waals surface area contributed by atoms with Crippen molar-refractivity contribution in [1.82, 2.24) is 10.2 Å². The summed E-state index contributed by atoms with van der Waals surface area (Å²) in [5.41, 5.74) is 0.829. The van der Waals surface area contributed by atoms with Crippen LogP contribution < -0.4 is 5.32 Å². The molecule has 3 rings (SSSR count). The molecule has 0 atom stereocenters. The van der Waals surface area contributed by atoms with Gasteiger partial charge in [0.25, 0.3) is 0 Å². The minimum atomic E-state index is 0.829. The van der Waals surface area contributed by atoms with Gasteiger partial charge in [0.1, 0.15) is 0 Å². The summed E-state index contributed by atoms with van der Waals surface area (Å²) in [6, 6.07) is 0.898. The lowest BCUT2D eigenvalue weighted by Gasteiger charge is -2.35. The predicted octanol–water partition coefficient (Wildman–Crippen LogP) is 0.444. The number of hydrogen-bond acceptors (Lipinski definition) is 2. The van der Waals surface area contributed by atoms with Gasteiger partial charge in [-0.25, -0.2) is 0 Å². The van der Waals surface area contributed by atoms with Crippen molar-refractivity contribution in [2.45, 2.75) is 25.3 Å². The van der Waals surface area contributed by atoms with Crippen LogP contribution in [0.15, 0.2) is 0 Å². The van der Waals surface area contributed by atoms with Crippen molar-refractivity contribution in [3.63, 3.8) is 0 Å². The van der Waals surface area contributed by atoms with Gasteiger partial charge >= 0.3 is 0 Å². The zero-order chi connectivity index (χ0) is 7.31. The van der Waals surface area contributed by atoms with Crippen molar-refractivity contribution >= 4 is 0 Å². The molecular weight excluding hydrogens is 136 g/mol. The fourth-order valence-electron chi connectivity index (χ4n) is 2.40. The lowest BCUT2D eigenvalue weighted by molar-refractivity contribution is 0.172. The van der Waals surface area contributed by atoms with Crippen LogP contribution >= 0.6 is 0 Å². The largest absolute Gasteiger partial charge is 0.314 e. The smallest absolute Gasteiger partial charge is 0.0345 e. The quantitative estimate of drug-likeness (QED) is 0.586. The summed E-state index contributed by atoms with van der Waals surface area (Å²) in [7, 11) is 0. The Morgan fingerprint density at radius 2 is 2.00 bits per heavy atom. The summed E-state index contributed by atoms with van der Waals surface area (Å²) < 4.78 is 0. The Balaban J connectivity index is 1.64. The summed E-state index contributed by atoms with van der Waals surface area (Å²) in [6.45, 7) is 5.29. The monoisotopic (exact) mass is 152 g/mol. The molecule has 0 bridgehead atoms. The first-order valence-electron chi connectivity index (χ1n) is 4.83. The van der Waals surface area contributed by atoms with Crippen molar-refractivity contribution in [2.24, 2.45) is 5.41 Å².